The summed E-state index contributed by atoms with van der Waals surface area (Å²) in [6, 6.07) is 20.2. The summed E-state index contributed by atoms with van der Waals surface area (Å²) in [5, 5.41) is 3.05. The predicted octanol–water partition coefficient (Wildman–Crippen LogP) is 5.11. The quantitative estimate of drug-likeness (QED) is 0.466. The number of aryl methyl sites for hydroxylation is 1. The molecule has 8 heteroatoms. The van der Waals surface area contributed by atoms with E-state index in [-0.39, 0.29) is 22.9 Å². The Kier molecular flexibility index (Phi) is 7.55. The first kappa shape index (κ1) is 22.7. The Morgan fingerprint density at radius 2 is 1.74 bits per heavy atom. The number of nitrogens with one attached hydrogen (secondary N) is 2. The van der Waals surface area contributed by atoms with Gasteiger partial charge in [-0.2, -0.15) is 0 Å². The van der Waals surface area contributed by atoms with Gasteiger partial charge < -0.3 is 10.1 Å². The summed E-state index contributed by atoms with van der Waals surface area (Å²) in [4.78, 5) is 12.4. The maximum atomic E-state index is 12.7. The van der Waals surface area contributed by atoms with Crippen LogP contribution >= 0.6 is 11.6 Å². The monoisotopic (exact) mass is 458 g/mol. The van der Waals surface area contributed by atoms with E-state index in [1.54, 1.807) is 36.4 Å². The lowest BCUT2D eigenvalue weighted by Gasteiger charge is -2.11. The number of amides is 1. The molecule has 0 atom stereocenters. The van der Waals surface area contributed by atoms with Crippen molar-refractivity contribution < 1.29 is 17.9 Å². The third-order valence-corrected chi connectivity index (χ3v) is 6.11. The van der Waals surface area contributed by atoms with Gasteiger partial charge in [0, 0.05) is 12.1 Å². The van der Waals surface area contributed by atoms with E-state index in [1.807, 2.05) is 31.2 Å². The summed E-state index contributed by atoms with van der Waals surface area (Å²) in [5.41, 5.74) is 1.70. The fourth-order valence-electron chi connectivity index (χ4n) is 2.89. The maximum absolute atomic E-state index is 12.7. The van der Waals surface area contributed by atoms with Gasteiger partial charge in [0.15, 0.2) is 0 Å². The number of sulfonamides is 1. The molecule has 31 heavy (non-hydrogen) atoms. The van der Waals surface area contributed by atoms with Gasteiger partial charge in [0.05, 0.1) is 22.2 Å². The van der Waals surface area contributed by atoms with E-state index in [0.29, 0.717) is 23.7 Å². The van der Waals surface area contributed by atoms with Crippen molar-refractivity contribution >= 4 is 38.9 Å². The van der Waals surface area contributed by atoms with Crippen molar-refractivity contribution in [1.29, 1.82) is 0 Å². The molecule has 0 unspecified atom stereocenters. The Balaban J connectivity index is 1.61. The van der Waals surface area contributed by atoms with Crippen LogP contribution in [0.2, 0.25) is 5.02 Å². The normalized spacial score (nSPS) is 11.0. The fraction of sp³-hybridized carbons (Fsp3) is 0.174. The number of hydrogen-bond donors (Lipinski definition) is 2. The van der Waals surface area contributed by atoms with Gasteiger partial charge in [-0.3, -0.25) is 9.52 Å². The molecule has 162 valence electrons. The maximum Gasteiger partial charge on any atom is 0.262 e. The SMILES string of the molecule is CCOc1ccc(CCC(=O)Nc2cccc(S(=O)(=O)Nc3ccccc3Cl)c2)cc1. The number of anilines is 2. The third-order valence-electron chi connectivity index (χ3n) is 4.42. The molecule has 1 amide bonds. The first-order valence-corrected chi connectivity index (χ1v) is 11.6. The van der Waals surface area contributed by atoms with Crippen LogP contribution in [-0.4, -0.2) is 20.9 Å². The molecule has 3 rings (SSSR count). The number of benzene rings is 3. The second-order valence-corrected chi connectivity index (χ2v) is 8.83. The van der Waals surface area contributed by atoms with Crippen LogP contribution in [0.25, 0.3) is 0 Å². The lowest BCUT2D eigenvalue weighted by Crippen LogP contribution is -2.15. The van der Waals surface area contributed by atoms with Crippen molar-refractivity contribution in [2.45, 2.75) is 24.7 Å². The molecule has 0 aliphatic heterocycles. The molecule has 0 aliphatic carbocycles. The number of carbonyl (C=O) groups excluding carboxylic acids is 1. The molecule has 0 radical (unpaired) electrons. The van der Waals surface area contributed by atoms with Crippen molar-refractivity contribution in [1.82, 2.24) is 0 Å². The molecule has 2 N–H and O–H groups in total. The smallest absolute Gasteiger partial charge is 0.262 e. The van der Waals surface area contributed by atoms with Crippen LogP contribution in [0, 0.1) is 0 Å². The largest absolute Gasteiger partial charge is 0.494 e. The highest BCUT2D eigenvalue weighted by Gasteiger charge is 2.16. The first-order valence-electron chi connectivity index (χ1n) is 9.76. The molecule has 0 fully saturated rings. The molecule has 0 aliphatic rings. The molecule has 3 aromatic rings. The van der Waals surface area contributed by atoms with Crippen molar-refractivity contribution in [3.05, 3.63) is 83.4 Å². The number of carbonyl (C=O) groups is 1. The topological polar surface area (TPSA) is 84.5 Å². The van der Waals surface area contributed by atoms with Gasteiger partial charge in [-0.1, -0.05) is 41.9 Å². The highest BCUT2D eigenvalue weighted by Crippen LogP contribution is 2.25. The Morgan fingerprint density at radius 3 is 2.45 bits per heavy atom. The Labute approximate surface area is 187 Å². The first-order chi connectivity index (χ1) is 14.9. The van der Waals surface area contributed by atoms with E-state index in [2.05, 4.69) is 10.0 Å². The molecular weight excluding hydrogens is 436 g/mol. The zero-order chi connectivity index (χ0) is 22.3. The van der Waals surface area contributed by atoms with Crippen LogP contribution in [0.3, 0.4) is 0 Å². The van der Waals surface area contributed by atoms with Crippen LogP contribution in [0.1, 0.15) is 18.9 Å². The summed E-state index contributed by atoms with van der Waals surface area (Å²) in [5.74, 6) is 0.585. The van der Waals surface area contributed by atoms with Crippen molar-refractivity contribution in [2.75, 3.05) is 16.6 Å². The summed E-state index contributed by atoms with van der Waals surface area (Å²) in [6.07, 6.45) is 0.827. The third kappa shape index (κ3) is 6.47. The minimum atomic E-state index is -3.86. The van der Waals surface area contributed by atoms with Crippen molar-refractivity contribution in [3.8, 4) is 5.75 Å². The van der Waals surface area contributed by atoms with E-state index in [1.165, 1.54) is 12.1 Å². The molecule has 0 bridgehead atoms. The lowest BCUT2D eigenvalue weighted by atomic mass is 10.1. The van der Waals surface area contributed by atoms with Gasteiger partial charge in [-0.25, -0.2) is 8.42 Å². The molecule has 3 aromatic carbocycles. The van der Waals surface area contributed by atoms with E-state index in [9.17, 15) is 13.2 Å². The van der Waals surface area contributed by atoms with Crippen molar-refractivity contribution in [3.63, 3.8) is 0 Å². The molecule has 0 spiro atoms. The standard InChI is InChI=1S/C23H23ClN2O4S/c1-2-30-19-13-10-17(11-14-19)12-15-23(27)25-18-6-5-7-20(16-18)31(28,29)26-22-9-4-3-8-21(22)24/h3-11,13-14,16,26H,2,12,15H2,1H3,(H,25,27). The zero-order valence-electron chi connectivity index (χ0n) is 17.0. The Hall–Kier alpha value is -3.03. The van der Waals surface area contributed by atoms with Crippen LogP contribution in [0.15, 0.2) is 77.7 Å². The number of halogens is 1. The second kappa shape index (κ2) is 10.3. The second-order valence-electron chi connectivity index (χ2n) is 6.74. The van der Waals surface area contributed by atoms with Gasteiger partial charge in [0.1, 0.15) is 5.75 Å². The van der Waals surface area contributed by atoms with Gasteiger partial charge in [-0.05, 0) is 61.4 Å². The van der Waals surface area contributed by atoms with Gasteiger partial charge in [0.25, 0.3) is 10.0 Å². The minimum Gasteiger partial charge on any atom is -0.494 e. The summed E-state index contributed by atoms with van der Waals surface area (Å²) >= 11 is 6.04. The van der Waals surface area contributed by atoms with Gasteiger partial charge in [-0.15, -0.1) is 0 Å². The van der Waals surface area contributed by atoms with E-state index in [0.717, 1.165) is 11.3 Å². The fourth-order valence-corrected chi connectivity index (χ4v) is 4.25. The van der Waals surface area contributed by atoms with E-state index in [4.69, 9.17) is 16.3 Å². The average Bonchev–Trinajstić information content (AvgIpc) is 2.75. The van der Waals surface area contributed by atoms with Crippen LogP contribution in [0.4, 0.5) is 11.4 Å². The van der Waals surface area contributed by atoms with Crippen LogP contribution in [0.5, 0.6) is 5.75 Å². The van der Waals surface area contributed by atoms with Crippen LogP contribution < -0.4 is 14.8 Å². The lowest BCUT2D eigenvalue weighted by molar-refractivity contribution is -0.116. The van der Waals surface area contributed by atoms with Crippen LogP contribution in [-0.2, 0) is 21.2 Å². The predicted molar refractivity (Wildman–Crippen MR) is 123 cm³/mol. The summed E-state index contributed by atoms with van der Waals surface area (Å²) in [6.45, 7) is 2.52. The molecule has 0 heterocycles. The Morgan fingerprint density at radius 1 is 1.00 bits per heavy atom. The number of para-hydroxylation sites is 1. The molecule has 0 saturated heterocycles. The minimum absolute atomic E-state index is 0.0248. The number of rotatable bonds is 9. The molecule has 6 nitrogen and oxygen atoms in total. The molecule has 0 saturated carbocycles. The van der Waals surface area contributed by atoms with E-state index < -0.39 is 10.0 Å². The van der Waals surface area contributed by atoms with Crippen molar-refractivity contribution in [2.24, 2.45) is 0 Å². The highest BCUT2D eigenvalue weighted by molar-refractivity contribution is 7.92. The average molecular weight is 459 g/mol. The number of ether oxygens (including phenoxy) is 1. The zero-order valence-corrected chi connectivity index (χ0v) is 18.5. The van der Waals surface area contributed by atoms with Gasteiger partial charge >= 0.3 is 0 Å². The summed E-state index contributed by atoms with van der Waals surface area (Å²) < 4.78 is 33.2. The molecule has 0 aromatic heterocycles. The molecular formula is C23H23ClN2O4S. The number of hydrogen-bond acceptors (Lipinski definition) is 4. The van der Waals surface area contributed by atoms with Gasteiger partial charge in [0.2, 0.25) is 5.91 Å². The summed E-state index contributed by atoms with van der Waals surface area (Å²) in [7, 11) is -3.86. The Bertz CT molecular complexity index is 1150. The van der Waals surface area contributed by atoms with E-state index >= 15 is 0 Å². The highest BCUT2D eigenvalue weighted by atomic mass is 35.5.